The van der Waals surface area contributed by atoms with Gasteiger partial charge in [-0.15, -0.1) is 0 Å². The number of anilines is 1. The average molecular weight is 283 g/mol. The van der Waals surface area contributed by atoms with Crippen LogP contribution in [-0.2, 0) is 13.1 Å². The van der Waals surface area contributed by atoms with Gasteiger partial charge in [0.1, 0.15) is 0 Å². The molecule has 0 aliphatic carbocycles. The standard InChI is InChI=1S/C15H13N3O3/c19-14(20)12-5-13(7-16-6-12)17-15(21)18-8-10-3-1-2-4-11(10)9-18/h1-7H,8-9H2,(H,17,21)(H,19,20). The number of aromatic nitrogens is 1. The first kappa shape index (κ1) is 13.1. The lowest BCUT2D eigenvalue weighted by Gasteiger charge is -2.16. The van der Waals surface area contributed by atoms with Crippen molar-refractivity contribution in [2.75, 3.05) is 5.32 Å². The number of pyridine rings is 1. The predicted molar refractivity (Wildman–Crippen MR) is 75.9 cm³/mol. The van der Waals surface area contributed by atoms with Gasteiger partial charge in [-0.25, -0.2) is 9.59 Å². The Kier molecular flexibility index (Phi) is 3.27. The van der Waals surface area contributed by atoms with Gasteiger partial charge in [0.2, 0.25) is 0 Å². The highest BCUT2D eigenvalue weighted by atomic mass is 16.4. The van der Waals surface area contributed by atoms with Crippen molar-refractivity contribution < 1.29 is 14.7 Å². The monoisotopic (exact) mass is 283 g/mol. The average Bonchev–Trinajstić information content (AvgIpc) is 2.91. The quantitative estimate of drug-likeness (QED) is 0.886. The fourth-order valence-electron chi connectivity index (χ4n) is 2.30. The molecule has 2 heterocycles. The first-order chi connectivity index (χ1) is 10.1. The Balaban J connectivity index is 1.71. The third kappa shape index (κ3) is 2.69. The molecule has 1 aliphatic rings. The van der Waals surface area contributed by atoms with E-state index in [4.69, 9.17) is 5.11 Å². The van der Waals surface area contributed by atoms with E-state index in [9.17, 15) is 9.59 Å². The van der Waals surface area contributed by atoms with Gasteiger partial charge in [0, 0.05) is 19.3 Å². The Morgan fingerprint density at radius 1 is 1.14 bits per heavy atom. The molecular formula is C15H13N3O3. The summed E-state index contributed by atoms with van der Waals surface area (Å²) < 4.78 is 0. The zero-order chi connectivity index (χ0) is 14.8. The van der Waals surface area contributed by atoms with Crippen molar-refractivity contribution in [2.45, 2.75) is 13.1 Å². The first-order valence-corrected chi connectivity index (χ1v) is 6.44. The molecule has 0 fully saturated rings. The predicted octanol–water partition coefficient (Wildman–Crippen LogP) is 2.33. The molecule has 0 spiro atoms. The first-order valence-electron chi connectivity index (χ1n) is 6.44. The van der Waals surface area contributed by atoms with Crippen LogP contribution in [0, 0.1) is 0 Å². The smallest absolute Gasteiger partial charge is 0.337 e. The van der Waals surface area contributed by atoms with Gasteiger partial charge in [0.15, 0.2) is 0 Å². The summed E-state index contributed by atoms with van der Waals surface area (Å²) in [5, 5.41) is 11.6. The normalized spacial score (nSPS) is 12.9. The van der Waals surface area contributed by atoms with Crippen LogP contribution in [0.5, 0.6) is 0 Å². The second-order valence-electron chi connectivity index (χ2n) is 4.82. The summed E-state index contributed by atoms with van der Waals surface area (Å²) in [5.41, 5.74) is 2.67. The maximum absolute atomic E-state index is 12.2. The Bertz CT molecular complexity index is 690. The molecule has 0 saturated carbocycles. The topological polar surface area (TPSA) is 82.5 Å². The lowest BCUT2D eigenvalue weighted by molar-refractivity contribution is 0.0696. The van der Waals surface area contributed by atoms with Gasteiger partial charge < -0.3 is 15.3 Å². The van der Waals surface area contributed by atoms with Crippen molar-refractivity contribution >= 4 is 17.7 Å². The molecule has 1 aliphatic heterocycles. The number of amides is 2. The van der Waals surface area contributed by atoms with E-state index in [2.05, 4.69) is 10.3 Å². The summed E-state index contributed by atoms with van der Waals surface area (Å²) >= 11 is 0. The Morgan fingerprint density at radius 2 is 1.81 bits per heavy atom. The molecule has 0 unspecified atom stereocenters. The van der Waals surface area contributed by atoms with Crippen molar-refractivity contribution in [3.63, 3.8) is 0 Å². The molecule has 6 heteroatoms. The molecule has 2 amide bonds. The van der Waals surface area contributed by atoms with Crippen molar-refractivity contribution in [3.8, 4) is 0 Å². The number of urea groups is 1. The number of nitrogens with zero attached hydrogens (tertiary/aromatic N) is 2. The van der Waals surface area contributed by atoms with Crippen molar-refractivity contribution in [3.05, 3.63) is 59.4 Å². The lowest BCUT2D eigenvalue weighted by atomic mass is 10.1. The van der Waals surface area contributed by atoms with Gasteiger partial charge in [-0.2, -0.15) is 0 Å². The molecule has 21 heavy (non-hydrogen) atoms. The summed E-state index contributed by atoms with van der Waals surface area (Å²) in [4.78, 5) is 28.6. The summed E-state index contributed by atoms with van der Waals surface area (Å²) in [6.07, 6.45) is 2.66. The number of carboxylic acid groups (broad SMARTS) is 1. The largest absolute Gasteiger partial charge is 0.478 e. The van der Waals surface area contributed by atoms with Gasteiger partial charge in [0.05, 0.1) is 17.4 Å². The van der Waals surface area contributed by atoms with Crippen LogP contribution in [0.2, 0.25) is 0 Å². The molecule has 2 aromatic rings. The molecule has 1 aromatic heterocycles. The Hall–Kier alpha value is -2.89. The molecule has 1 aromatic carbocycles. The highest BCUT2D eigenvalue weighted by Gasteiger charge is 2.22. The van der Waals surface area contributed by atoms with E-state index in [0.29, 0.717) is 18.8 Å². The van der Waals surface area contributed by atoms with Crippen LogP contribution in [0.25, 0.3) is 0 Å². The Morgan fingerprint density at radius 3 is 2.43 bits per heavy atom. The van der Waals surface area contributed by atoms with E-state index in [1.165, 1.54) is 18.5 Å². The molecule has 106 valence electrons. The molecule has 0 saturated heterocycles. The molecule has 3 rings (SSSR count). The van der Waals surface area contributed by atoms with E-state index in [0.717, 1.165) is 11.1 Å². The third-order valence-electron chi connectivity index (χ3n) is 3.36. The SMILES string of the molecule is O=C(O)c1cncc(NC(=O)N2Cc3ccccc3C2)c1. The van der Waals surface area contributed by atoms with Gasteiger partial charge in [-0.3, -0.25) is 4.98 Å². The second kappa shape index (κ2) is 5.24. The minimum Gasteiger partial charge on any atom is -0.478 e. The van der Waals surface area contributed by atoms with Gasteiger partial charge >= 0.3 is 12.0 Å². The van der Waals surface area contributed by atoms with Crippen LogP contribution in [0.1, 0.15) is 21.5 Å². The van der Waals surface area contributed by atoms with E-state index in [-0.39, 0.29) is 11.6 Å². The molecule has 6 nitrogen and oxygen atoms in total. The number of carbonyl (C=O) groups is 2. The highest BCUT2D eigenvalue weighted by Crippen LogP contribution is 2.23. The lowest BCUT2D eigenvalue weighted by Crippen LogP contribution is -2.30. The van der Waals surface area contributed by atoms with E-state index >= 15 is 0 Å². The van der Waals surface area contributed by atoms with Gasteiger partial charge in [-0.1, -0.05) is 24.3 Å². The molecular weight excluding hydrogens is 270 g/mol. The maximum Gasteiger partial charge on any atom is 0.337 e. The molecule has 0 bridgehead atoms. The summed E-state index contributed by atoms with van der Waals surface area (Å²) in [6.45, 7) is 1.10. The number of nitrogens with one attached hydrogen (secondary N) is 1. The number of fused-ring (bicyclic) bond motifs is 1. The third-order valence-corrected chi connectivity index (χ3v) is 3.36. The molecule has 2 N–H and O–H groups in total. The number of hydrogen-bond donors (Lipinski definition) is 2. The number of carbonyl (C=O) groups excluding carboxylic acids is 1. The van der Waals surface area contributed by atoms with Crippen LogP contribution < -0.4 is 5.32 Å². The fraction of sp³-hybridized carbons (Fsp3) is 0.133. The number of hydrogen-bond acceptors (Lipinski definition) is 3. The van der Waals surface area contributed by atoms with E-state index in [1.807, 2.05) is 24.3 Å². The van der Waals surface area contributed by atoms with E-state index < -0.39 is 5.97 Å². The minimum absolute atomic E-state index is 0.0394. The van der Waals surface area contributed by atoms with Gasteiger partial charge in [-0.05, 0) is 17.2 Å². The van der Waals surface area contributed by atoms with Crippen molar-refractivity contribution in [1.82, 2.24) is 9.88 Å². The van der Waals surface area contributed by atoms with Crippen molar-refractivity contribution in [2.24, 2.45) is 0 Å². The van der Waals surface area contributed by atoms with Crippen LogP contribution in [-0.4, -0.2) is 27.0 Å². The van der Waals surface area contributed by atoms with Crippen molar-refractivity contribution in [1.29, 1.82) is 0 Å². The van der Waals surface area contributed by atoms with Gasteiger partial charge in [0.25, 0.3) is 0 Å². The zero-order valence-electron chi connectivity index (χ0n) is 11.1. The zero-order valence-corrected chi connectivity index (χ0v) is 11.1. The number of aromatic carboxylic acids is 1. The molecule has 0 atom stereocenters. The molecule has 0 radical (unpaired) electrons. The summed E-state index contributed by atoms with van der Waals surface area (Å²) in [6, 6.07) is 9.00. The van der Waals surface area contributed by atoms with Crippen LogP contribution in [0.3, 0.4) is 0 Å². The number of benzene rings is 1. The summed E-state index contributed by atoms with van der Waals surface area (Å²) in [5.74, 6) is -1.08. The Labute approximate surface area is 121 Å². The summed E-state index contributed by atoms with van der Waals surface area (Å²) in [7, 11) is 0. The van der Waals surface area contributed by atoms with Crippen LogP contribution in [0.15, 0.2) is 42.7 Å². The fourth-order valence-corrected chi connectivity index (χ4v) is 2.30. The van der Waals surface area contributed by atoms with Crippen LogP contribution in [0.4, 0.5) is 10.5 Å². The highest BCUT2D eigenvalue weighted by molar-refractivity contribution is 5.92. The number of rotatable bonds is 2. The van der Waals surface area contributed by atoms with E-state index in [1.54, 1.807) is 4.90 Å². The van der Waals surface area contributed by atoms with Crippen LogP contribution >= 0.6 is 0 Å². The number of carboxylic acids is 1. The minimum atomic E-state index is -1.08. The maximum atomic E-state index is 12.2. The second-order valence-corrected chi connectivity index (χ2v) is 4.82.